The van der Waals surface area contributed by atoms with Crippen LogP contribution >= 0.6 is 0 Å². The number of piperidine rings is 1. The van der Waals surface area contributed by atoms with Crippen LogP contribution in [0.4, 0.5) is 5.82 Å². The van der Waals surface area contributed by atoms with Crippen molar-refractivity contribution < 1.29 is 14.2 Å². The molecule has 6 rings (SSSR count). The van der Waals surface area contributed by atoms with E-state index in [1.807, 2.05) is 54.6 Å². The van der Waals surface area contributed by atoms with Crippen molar-refractivity contribution in [2.75, 3.05) is 39.1 Å². The van der Waals surface area contributed by atoms with Gasteiger partial charge >= 0.3 is 0 Å². The summed E-state index contributed by atoms with van der Waals surface area (Å²) >= 11 is 0. The number of ether oxygens (including phenoxy) is 3. The zero-order chi connectivity index (χ0) is 24.5. The highest BCUT2D eigenvalue weighted by atomic mass is 16.7. The van der Waals surface area contributed by atoms with E-state index in [4.69, 9.17) is 19.9 Å². The Morgan fingerprint density at radius 1 is 0.917 bits per heavy atom. The number of para-hydroxylation sites is 1. The molecular formula is C28H31N5O3. The number of nitrogens with two attached hydrogens (primary N) is 1. The van der Waals surface area contributed by atoms with Crippen LogP contribution < -0.4 is 10.5 Å². The number of hydrogen-bond acceptors (Lipinski definition) is 7. The molecule has 0 unspecified atom stereocenters. The minimum Gasteiger partial charge on any atom is -0.457 e. The minimum atomic E-state index is -0.131. The van der Waals surface area contributed by atoms with Gasteiger partial charge in [0.05, 0.1) is 24.6 Å². The van der Waals surface area contributed by atoms with Gasteiger partial charge in [-0.1, -0.05) is 30.3 Å². The summed E-state index contributed by atoms with van der Waals surface area (Å²) < 4.78 is 20.6. The molecule has 2 N–H and O–H groups in total. The second-order valence-corrected chi connectivity index (χ2v) is 9.68. The lowest BCUT2D eigenvalue weighted by Crippen LogP contribution is -2.42. The van der Waals surface area contributed by atoms with E-state index < -0.39 is 0 Å². The Hall–Kier alpha value is -3.46. The SMILES string of the molecule is CN1CCC(C2OCC(n3cc(-c4ccc(Oc5ccccc5)cc4)c4c(N)ncnc43)CO2)CC1. The molecule has 0 amide bonds. The van der Waals surface area contributed by atoms with Crippen LogP contribution in [0.2, 0.25) is 0 Å². The number of nitrogen functional groups attached to an aromatic ring is 1. The number of nitrogens with zero attached hydrogens (tertiary/aromatic N) is 4. The Kier molecular flexibility index (Phi) is 6.31. The average molecular weight is 486 g/mol. The lowest BCUT2D eigenvalue weighted by molar-refractivity contribution is -0.225. The molecule has 2 saturated heterocycles. The number of likely N-dealkylation sites (tertiary alicyclic amines) is 1. The van der Waals surface area contributed by atoms with E-state index in [1.54, 1.807) is 0 Å². The van der Waals surface area contributed by atoms with Crippen LogP contribution in [-0.2, 0) is 9.47 Å². The van der Waals surface area contributed by atoms with Gasteiger partial charge in [-0.25, -0.2) is 9.97 Å². The monoisotopic (exact) mass is 485 g/mol. The van der Waals surface area contributed by atoms with Gasteiger partial charge in [-0.3, -0.25) is 0 Å². The molecule has 2 aromatic carbocycles. The summed E-state index contributed by atoms with van der Waals surface area (Å²) in [6.07, 6.45) is 5.69. The molecule has 4 aromatic rings. The third-order valence-electron chi connectivity index (χ3n) is 7.23. The number of fused-ring (bicyclic) bond motifs is 1. The van der Waals surface area contributed by atoms with Crippen LogP contribution in [0.3, 0.4) is 0 Å². The number of benzene rings is 2. The molecule has 0 spiro atoms. The summed E-state index contributed by atoms with van der Waals surface area (Å²) in [6, 6.07) is 17.8. The van der Waals surface area contributed by atoms with Crippen LogP contribution in [0.1, 0.15) is 18.9 Å². The fraction of sp³-hybridized carbons (Fsp3) is 0.357. The van der Waals surface area contributed by atoms with Crippen molar-refractivity contribution >= 4 is 16.9 Å². The number of aromatic nitrogens is 3. The Labute approximate surface area is 210 Å². The highest BCUT2D eigenvalue weighted by Gasteiger charge is 2.32. The molecule has 2 aliphatic rings. The molecule has 186 valence electrons. The molecule has 0 aliphatic carbocycles. The highest BCUT2D eigenvalue weighted by molar-refractivity contribution is 6.00. The van der Waals surface area contributed by atoms with Crippen molar-refractivity contribution in [3.05, 3.63) is 67.1 Å². The Bertz CT molecular complexity index is 1310. The first-order valence-electron chi connectivity index (χ1n) is 12.5. The molecule has 8 nitrogen and oxygen atoms in total. The third-order valence-corrected chi connectivity index (χ3v) is 7.23. The standard InChI is InChI=1S/C28H31N5O3/c1-32-13-11-20(12-14-32)28-34-16-21(17-35-28)33-15-24(25-26(29)30-18-31-27(25)33)19-7-9-23(10-8-19)36-22-5-3-2-4-6-22/h2-10,15,18,20-21,28H,11-14,16-17H2,1H3,(H2,29,30,31). The maximum atomic E-state index is 6.34. The zero-order valence-electron chi connectivity index (χ0n) is 20.4. The normalized spacial score (nSPS) is 21.6. The lowest BCUT2D eigenvalue weighted by Gasteiger charge is -2.38. The summed E-state index contributed by atoms with van der Waals surface area (Å²) in [6.45, 7) is 3.34. The largest absolute Gasteiger partial charge is 0.457 e. The Morgan fingerprint density at radius 2 is 1.61 bits per heavy atom. The van der Waals surface area contributed by atoms with Gasteiger partial charge in [0.25, 0.3) is 0 Å². The van der Waals surface area contributed by atoms with Crippen molar-refractivity contribution in [1.82, 2.24) is 19.4 Å². The molecule has 0 saturated carbocycles. The molecular weight excluding hydrogens is 454 g/mol. The van der Waals surface area contributed by atoms with Crippen molar-refractivity contribution in [1.29, 1.82) is 0 Å². The first-order valence-corrected chi connectivity index (χ1v) is 12.5. The van der Waals surface area contributed by atoms with Gasteiger partial charge in [0.2, 0.25) is 0 Å². The second kappa shape index (κ2) is 9.89. The average Bonchev–Trinajstić information content (AvgIpc) is 3.31. The molecule has 2 aliphatic heterocycles. The van der Waals surface area contributed by atoms with Gasteiger partial charge in [-0.05, 0) is 62.8 Å². The van der Waals surface area contributed by atoms with Crippen LogP contribution in [0, 0.1) is 5.92 Å². The predicted molar refractivity (Wildman–Crippen MR) is 139 cm³/mol. The molecule has 4 heterocycles. The first-order chi connectivity index (χ1) is 17.7. The van der Waals surface area contributed by atoms with Crippen LogP contribution in [-0.4, -0.2) is 59.1 Å². The van der Waals surface area contributed by atoms with E-state index in [1.165, 1.54) is 6.33 Å². The zero-order valence-corrected chi connectivity index (χ0v) is 20.4. The lowest BCUT2D eigenvalue weighted by atomic mass is 9.96. The topological polar surface area (TPSA) is 87.7 Å². The van der Waals surface area contributed by atoms with Crippen LogP contribution in [0.15, 0.2) is 67.1 Å². The van der Waals surface area contributed by atoms with Gasteiger partial charge in [0.1, 0.15) is 29.3 Å². The molecule has 36 heavy (non-hydrogen) atoms. The quantitative estimate of drug-likeness (QED) is 0.437. The van der Waals surface area contributed by atoms with E-state index in [-0.39, 0.29) is 12.3 Å². The van der Waals surface area contributed by atoms with Crippen molar-refractivity contribution in [2.24, 2.45) is 5.92 Å². The number of rotatable bonds is 5. The molecule has 0 radical (unpaired) electrons. The highest BCUT2D eigenvalue weighted by Crippen LogP contribution is 2.37. The predicted octanol–water partition coefficient (Wildman–Crippen LogP) is 4.73. The summed E-state index contributed by atoms with van der Waals surface area (Å²) in [7, 11) is 2.17. The molecule has 8 heteroatoms. The van der Waals surface area contributed by atoms with E-state index in [9.17, 15) is 0 Å². The van der Waals surface area contributed by atoms with Crippen molar-refractivity contribution in [3.63, 3.8) is 0 Å². The van der Waals surface area contributed by atoms with Gasteiger partial charge in [-0.2, -0.15) is 0 Å². The summed E-state index contributed by atoms with van der Waals surface area (Å²) in [5.74, 6) is 2.48. The molecule has 2 fully saturated rings. The fourth-order valence-electron chi connectivity index (χ4n) is 5.17. The van der Waals surface area contributed by atoms with E-state index >= 15 is 0 Å². The molecule has 0 bridgehead atoms. The fourth-order valence-corrected chi connectivity index (χ4v) is 5.17. The minimum absolute atomic E-state index is 0.0127. The van der Waals surface area contributed by atoms with E-state index in [0.717, 1.165) is 59.6 Å². The molecule has 0 atom stereocenters. The first kappa shape index (κ1) is 23.0. The summed E-state index contributed by atoms with van der Waals surface area (Å²) in [5.41, 5.74) is 9.13. The maximum absolute atomic E-state index is 6.34. The van der Waals surface area contributed by atoms with Crippen LogP contribution in [0.5, 0.6) is 11.5 Å². The van der Waals surface area contributed by atoms with Gasteiger partial charge < -0.3 is 29.4 Å². The molecule has 2 aromatic heterocycles. The van der Waals surface area contributed by atoms with Gasteiger partial charge in [-0.15, -0.1) is 0 Å². The maximum Gasteiger partial charge on any atom is 0.160 e. The number of hydrogen-bond donors (Lipinski definition) is 1. The van der Waals surface area contributed by atoms with Crippen molar-refractivity contribution in [2.45, 2.75) is 25.2 Å². The second-order valence-electron chi connectivity index (χ2n) is 9.68. The third kappa shape index (κ3) is 4.55. The van der Waals surface area contributed by atoms with E-state index in [2.05, 4.69) is 32.7 Å². The van der Waals surface area contributed by atoms with Crippen LogP contribution in [0.25, 0.3) is 22.2 Å². The van der Waals surface area contributed by atoms with E-state index in [0.29, 0.717) is 24.9 Å². The summed E-state index contributed by atoms with van der Waals surface area (Å²) in [5, 5.41) is 0.840. The van der Waals surface area contributed by atoms with Gasteiger partial charge in [0.15, 0.2) is 6.29 Å². The Balaban J connectivity index is 1.24. The smallest absolute Gasteiger partial charge is 0.160 e. The van der Waals surface area contributed by atoms with Crippen molar-refractivity contribution in [3.8, 4) is 22.6 Å². The summed E-state index contributed by atoms with van der Waals surface area (Å²) in [4.78, 5) is 11.2. The Morgan fingerprint density at radius 3 is 2.33 bits per heavy atom. The number of anilines is 1. The van der Waals surface area contributed by atoms with Gasteiger partial charge in [0, 0.05) is 17.7 Å².